The number of carbonyl (C=O) groups excluding carboxylic acids is 1. The molecule has 0 radical (unpaired) electrons. The molecule has 0 spiro atoms. The summed E-state index contributed by atoms with van der Waals surface area (Å²) < 4.78 is 35.2. The van der Waals surface area contributed by atoms with E-state index in [1.165, 1.54) is 23.1 Å². The molecule has 1 saturated heterocycles. The van der Waals surface area contributed by atoms with Gasteiger partial charge in [0.15, 0.2) is 5.17 Å². The number of halogens is 1. The van der Waals surface area contributed by atoms with Crippen molar-refractivity contribution in [2.24, 2.45) is 4.40 Å². The van der Waals surface area contributed by atoms with Gasteiger partial charge in [-0.05, 0) is 59.8 Å². The summed E-state index contributed by atoms with van der Waals surface area (Å²) in [7, 11) is -2.39. The van der Waals surface area contributed by atoms with Crippen LogP contribution < -0.4 is 4.74 Å². The molecule has 0 unspecified atom stereocenters. The van der Waals surface area contributed by atoms with Crippen molar-refractivity contribution in [1.82, 2.24) is 4.90 Å². The Labute approximate surface area is 182 Å². The number of thioether (sulfide) groups is 1. The van der Waals surface area contributed by atoms with E-state index < -0.39 is 10.0 Å². The highest BCUT2D eigenvalue weighted by Gasteiger charge is 2.34. The largest absolute Gasteiger partial charge is 0.497 e. The molecular weight excluding hydrogens is 476 g/mol. The van der Waals surface area contributed by atoms with Crippen LogP contribution in [-0.2, 0) is 14.8 Å². The average Bonchev–Trinajstić information content (AvgIpc) is 2.97. The summed E-state index contributed by atoms with van der Waals surface area (Å²) in [5, 5.41) is 0.0950. The molecule has 6 nitrogen and oxygen atoms in total. The van der Waals surface area contributed by atoms with Crippen molar-refractivity contribution < 1.29 is 17.9 Å². The van der Waals surface area contributed by atoms with Crippen LogP contribution in [0.1, 0.15) is 5.56 Å². The summed E-state index contributed by atoms with van der Waals surface area (Å²) in [6, 6.07) is 13.3. The van der Waals surface area contributed by atoms with E-state index in [1.54, 1.807) is 37.5 Å². The van der Waals surface area contributed by atoms with E-state index in [4.69, 9.17) is 4.74 Å². The van der Waals surface area contributed by atoms with Crippen LogP contribution in [0.15, 0.2) is 79.9 Å². The Bertz CT molecular complexity index is 1090. The third-order valence-corrected chi connectivity index (χ3v) is 6.86. The zero-order valence-corrected chi connectivity index (χ0v) is 18.6. The van der Waals surface area contributed by atoms with Gasteiger partial charge in [-0.25, -0.2) is 0 Å². The lowest BCUT2D eigenvalue weighted by Crippen LogP contribution is -2.29. The lowest BCUT2D eigenvalue weighted by Gasteiger charge is -2.12. The van der Waals surface area contributed by atoms with Crippen molar-refractivity contribution in [3.63, 3.8) is 0 Å². The maximum Gasteiger partial charge on any atom is 0.284 e. The molecular formula is C20H17BrN2O4S2. The second-order valence-corrected chi connectivity index (χ2v) is 9.42. The fourth-order valence-corrected chi connectivity index (χ4v) is 4.93. The van der Waals surface area contributed by atoms with Crippen molar-refractivity contribution in [3.8, 4) is 5.75 Å². The molecule has 3 rings (SSSR count). The van der Waals surface area contributed by atoms with Crippen LogP contribution in [0.3, 0.4) is 0 Å². The van der Waals surface area contributed by atoms with E-state index in [0.29, 0.717) is 10.7 Å². The fourth-order valence-electron chi connectivity index (χ4n) is 2.48. The van der Waals surface area contributed by atoms with E-state index in [1.807, 2.05) is 12.1 Å². The van der Waals surface area contributed by atoms with Crippen molar-refractivity contribution in [3.05, 3.63) is 76.1 Å². The third kappa shape index (κ3) is 4.98. The number of nitrogens with zero attached hydrogens (tertiary/aromatic N) is 2. The first-order valence-electron chi connectivity index (χ1n) is 8.41. The predicted octanol–water partition coefficient (Wildman–Crippen LogP) is 4.30. The van der Waals surface area contributed by atoms with Gasteiger partial charge in [0.2, 0.25) is 0 Å². The zero-order valence-electron chi connectivity index (χ0n) is 15.4. The monoisotopic (exact) mass is 492 g/mol. The van der Waals surface area contributed by atoms with E-state index >= 15 is 0 Å². The van der Waals surface area contributed by atoms with Gasteiger partial charge in [0, 0.05) is 11.0 Å². The lowest BCUT2D eigenvalue weighted by molar-refractivity contribution is -0.121. The Morgan fingerprint density at radius 3 is 2.41 bits per heavy atom. The number of hydrogen-bond acceptors (Lipinski definition) is 5. The number of carbonyl (C=O) groups is 1. The van der Waals surface area contributed by atoms with Crippen LogP contribution in [0.5, 0.6) is 5.75 Å². The Morgan fingerprint density at radius 2 is 1.83 bits per heavy atom. The molecule has 0 aromatic heterocycles. The maximum atomic E-state index is 12.8. The molecule has 0 saturated carbocycles. The lowest BCUT2D eigenvalue weighted by atomic mass is 10.2. The van der Waals surface area contributed by atoms with Gasteiger partial charge in [-0.1, -0.05) is 34.1 Å². The molecule has 0 aliphatic carbocycles. The molecule has 2 aromatic rings. The summed E-state index contributed by atoms with van der Waals surface area (Å²) in [5.74, 6) is 0.379. The van der Waals surface area contributed by atoms with E-state index in [0.717, 1.165) is 21.8 Å². The summed E-state index contributed by atoms with van der Waals surface area (Å²) in [4.78, 5) is 14.5. The number of amidine groups is 1. The second-order valence-electron chi connectivity index (χ2n) is 5.89. The fraction of sp³-hybridized carbons (Fsp3) is 0.100. The molecule has 9 heteroatoms. The molecule has 0 atom stereocenters. The first-order chi connectivity index (χ1) is 13.8. The van der Waals surface area contributed by atoms with Gasteiger partial charge in [-0.2, -0.15) is 8.42 Å². The van der Waals surface area contributed by atoms with Gasteiger partial charge in [0.1, 0.15) is 5.75 Å². The Hall–Kier alpha value is -2.36. The van der Waals surface area contributed by atoms with Crippen LogP contribution in [0, 0.1) is 0 Å². The van der Waals surface area contributed by atoms with Crippen molar-refractivity contribution in [2.75, 3.05) is 13.7 Å². The van der Waals surface area contributed by atoms with E-state index in [-0.39, 0.29) is 22.5 Å². The number of ether oxygens (including phenoxy) is 1. The van der Waals surface area contributed by atoms with Gasteiger partial charge >= 0.3 is 0 Å². The molecule has 1 aliphatic rings. The number of benzene rings is 2. The topological polar surface area (TPSA) is 76.0 Å². The van der Waals surface area contributed by atoms with Gasteiger partial charge in [-0.15, -0.1) is 11.0 Å². The zero-order chi connectivity index (χ0) is 21.0. The van der Waals surface area contributed by atoms with Crippen LogP contribution in [0.2, 0.25) is 0 Å². The molecule has 29 heavy (non-hydrogen) atoms. The van der Waals surface area contributed by atoms with Crippen molar-refractivity contribution >= 4 is 54.9 Å². The highest BCUT2D eigenvalue weighted by atomic mass is 79.9. The second kappa shape index (κ2) is 8.98. The normalized spacial score (nSPS) is 17.2. The van der Waals surface area contributed by atoms with Crippen molar-refractivity contribution in [2.45, 2.75) is 4.90 Å². The van der Waals surface area contributed by atoms with Crippen LogP contribution in [-0.4, -0.2) is 38.0 Å². The van der Waals surface area contributed by atoms with Crippen LogP contribution in [0.25, 0.3) is 6.08 Å². The third-order valence-electron chi connectivity index (χ3n) is 3.92. The first-order valence-corrected chi connectivity index (χ1v) is 11.5. The van der Waals surface area contributed by atoms with Crippen LogP contribution >= 0.6 is 27.7 Å². The van der Waals surface area contributed by atoms with Gasteiger partial charge < -0.3 is 4.74 Å². The highest BCUT2D eigenvalue weighted by Crippen LogP contribution is 2.34. The van der Waals surface area contributed by atoms with Gasteiger partial charge in [0.05, 0.1) is 16.9 Å². The minimum Gasteiger partial charge on any atom is -0.497 e. The molecule has 0 bridgehead atoms. The number of rotatable bonds is 6. The number of methoxy groups -OCH3 is 1. The minimum atomic E-state index is -3.97. The van der Waals surface area contributed by atoms with Crippen LogP contribution in [0.4, 0.5) is 0 Å². The average molecular weight is 493 g/mol. The molecule has 1 heterocycles. The quantitative estimate of drug-likeness (QED) is 0.443. The Kier molecular flexibility index (Phi) is 6.61. The van der Waals surface area contributed by atoms with E-state index in [2.05, 4.69) is 26.9 Å². The molecule has 1 amide bonds. The molecule has 2 aromatic carbocycles. The SMILES string of the molecule is C=CCN1C(=O)/C(=C/c2ccc(OC)cc2)S/C1=N/S(=O)(=O)c1ccc(Br)cc1. The first kappa shape index (κ1) is 21.4. The number of amides is 1. The predicted molar refractivity (Wildman–Crippen MR) is 119 cm³/mol. The maximum absolute atomic E-state index is 12.8. The minimum absolute atomic E-state index is 0.0485. The molecule has 1 fully saturated rings. The summed E-state index contributed by atoms with van der Waals surface area (Å²) in [6.07, 6.45) is 3.22. The standard InChI is InChI=1S/C20H17BrN2O4S2/c1-3-12-23-19(24)18(13-14-4-8-16(27-2)9-5-14)28-20(23)22-29(25,26)17-10-6-15(21)7-11-17/h3-11,13H,1,12H2,2H3/b18-13-,22-20+. The summed E-state index contributed by atoms with van der Waals surface area (Å²) >= 11 is 4.29. The molecule has 1 aliphatic heterocycles. The number of sulfonamides is 1. The van der Waals surface area contributed by atoms with Crippen molar-refractivity contribution in [1.29, 1.82) is 0 Å². The molecule has 0 N–H and O–H groups in total. The Morgan fingerprint density at radius 1 is 1.17 bits per heavy atom. The highest BCUT2D eigenvalue weighted by molar-refractivity contribution is 9.10. The smallest absolute Gasteiger partial charge is 0.284 e. The van der Waals surface area contributed by atoms with E-state index in [9.17, 15) is 13.2 Å². The number of hydrogen-bond donors (Lipinski definition) is 0. The molecule has 150 valence electrons. The summed E-state index contributed by atoms with van der Waals surface area (Å²) in [5.41, 5.74) is 0.789. The van der Waals surface area contributed by atoms with Gasteiger partial charge in [0.25, 0.3) is 15.9 Å². The Balaban J connectivity index is 1.96. The summed E-state index contributed by atoms with van der Waals surface area (Å²) in [6.45, 7) is 3.79. The van der Waals surface area contributed by atoms with Gasteiger partial charge in [-0.3, -0.25) is 9.69 Å².